The highest BCUT2D eigenvalue weighted by atomic mass is 15.3. The zero-order valence-corrected chi connectivity index (χ0v) is 52.1. The third-order valence-corrected chi connectivity index (χ3v) is 15.5. The summed E-state index contributed by atoms with van der Waals surface area (Å²) in [6, 6.07) is 51.8. The molecule has 0 amide bonds. The summed E-state index contributed by atoms with van der Waals surface area (Å²) >= 11 is 0. The van der Waals surface area contributed by atoms with Gasteiger partial charge in [0.2, 0.25) is 0 Å². The molecule has 7 aromatic rings. The first kappa shape index (κ1) is 62.3. The lowest BCUT2D eigenvalue weighted by Crippen LogP contribution is -2.20. The second kappa shape index (κ2) is 31.8. The van der Waals surface area contributed by atoms with E-state index in [1.54, 1.807) is 0 Å². The summed E-state index contributed by atoms with van der Waals surface area (Å²) in [4.78, 5) is 29.7. The zero-order valence-electron chi connectivity index (χ0n) is 52.1. The van der Waals surface area contributed by atoms with E-state index >= 15 is 0 Å². The Hall–Kier alpha value is -6.34. The summed E-state index contributed by atoms with van der Waals surface area (Å²) in [6.07, 6.45) is 19.5. The summed E-state index contributed by atoms with van der Waals surface area (Å²) in [6.45, 7) is 27.8. The largest absolute Gasteiger partial charge is 0.295 e. The molecule has 0 radical (unpaired) electrons. The van der Waals surface area contributed by atoms with E-state index in [4.69, 9.17) is 19.9 Å². The highest BCUT2D eigenvalue weighted by molar-refractivity contribution is 5.85. The molecule has 432 valence electrons. The third kappa shape index (κ3) is 20.0. The monoisotopic (exact) mass is 1090 g/mol. The van der Waals surface area contributed by atoms with Gasteiger partial charge in [-0.15, -0.1) is 0 Å². The van der Waals surface area contributed by atoms with Crippen LogP contribution in [-0.4, -0.2) is 19.9 Å². The van der Waals surface area contributed by atoms with Gasteiger partial charge in [-0.25, -0.2) is 19.9 Å². The Morgan fingerprint density at radius 2 is 0.531 bits per heavy atom. The molecule has 0 atom stereocenters. The lowest BCUT2D eigenvalue weighted by atomic mass is 10.0. The predicted octanol–water partition coefficient (Wildman–Crippen LogP) is 21.5. The van der Waals surface area contributed by atoms with Crippen LogP contribution in [0.15, 0.2) is 140 Å². The van der Waals surface area contributed by atoms with Crippen molar-refractivity contribution >= 4 is 51.8 Å². The SMILES string of the molecule is CC(C)CCCc1cccc(N(c2cc(N(c3cccc(CCCC(C)C)c3)c3cccc(CCCC(C)C)n3)nc(N(c3cccc(CCCC(C)C)c3)c3cccc(CCCC(C)C)n3)c2)c2cccc(CCCC(C)C)n2)c1. The van der Waals surface area contributed by atoms with Gasteiger partial charge in [-0.2, -0.15) is 0 Å². The summed E-state index contributed by atoms with van der Waals surface area (Å²) in [5.74, 6) is 7.96. The molecule has 0 spiro atoms. The molecule has 0 bridgehead atoms. The van der Waals surface area contributed by atoms with E-state index in [9.17, 15) is 0 Å². The summed E-state index contributed by atoms with van der Waals surface area (Å²) in [5.41, 5.74) is 11.3. The Morgan fingerprint density at radius 3 is 0.840 bits per heavy atom. The standard InChI is InChI=1S/C74H101N7/c1-54(2)25-13-31-60-34-19-43-66(49-60)79(70-46-22-40-63(75-70)37-16-28-57(7)8)69-52-73(80(67-44-20-35-61(50-67)32-14-26-55(3)4)71-47-23-41-64(76-71)38-17-29-58(9)10)78-74(53-69)81(68-45-21-36-62(51-68)33-15-27-56(5)6)72-48-24-42-65(77-72)39-18-30-59(11)12/h19-24,34-36,40-59H,13-18,25-33,37-39H2,1-12H3. The van der Waals surface area contributed by atoms with Gasteiger partial charge >= 0.3 is 0 Å². The van der Waals surface area contributed by atoms with Crippen LogP contribution in [0, 0.1) is 35.5 Å². The quantitative estimate of drug-likeness (QED) is 0.0406. The van der Waals surface area contributed by atoms with Gasteiger partial charge in [0, 0.05) is 46.3 Å². The second-order valence-corrected chi connectivity index (χ2v) is 25.7. The lowest BCUT2D eigenvalue weighted by molar-refractivity contribution is 0.553. The summed E-state index contributed by atoms with van der Waals surface area (Å²) in [7, 11) is 0. The lowest BCUT2D eigenvalue weighted by Gasteiger charge is -2.31. The number of rotatable bonds is 33. The van der Waals surface area contributed by atoms with E-state index in [1.165, 1.54) is 36.0 Å². The number of hydrogen-bond acceptors (Lipinski definition) is 7. The number of anilines is 9. The van der Waals surface area contributed by atoms with E-state index in [0.717, 1.165) is 165 Å². The maximum absolute atomic E-state index is 5.94. The topological polar surface area (TPSA) is 61.3 Å². The van der Waals surface area contributed by atoms with E-state index in [-0.39, 0.29) is 0 Å². The highest BCUT2D eigenvalue weighted by Crippen LogP contribution is 2.44. The Balaban J connectivity index is 1.54. The van der Waals surface area contributed by atoms with Crippen molar-refractivity contribution in [1.29, 1.82) is 0 Å². The molecule has 81 heavy (non-hydrogen) atoms. The van der Waals surface area contributed by atoms with E-state index < -0.39 is 0 Å². The molecule has 0 saturated heterocycles. The average Bonchev–Trinajstić information content (AvgIpc) is 3.54. The van der Waals surface area contributed by atoms with Crippen molar-refractivity contribution in [3.05, 3.63) is 173 Å². The van der Waals surface area contributed by atoms with Gasteiger partial charge in [0.15, 0.2) is 0 Å². The van der Waals surface area contributed by atoms with Crippen LogP contribution >= 0.6 is 0 Å². The summed E-state index contributed by atoms with van der Waals surface area (Å²) in [5, 5.41) is 0. The predicted molar refractivity (Wildman–Crippen MR) is 348 cm³/mol. The van der Waals surface area contributed by atoms with Crippen LogP contribution in [0.25, 0.3) is 0 Å². The number of hydrogen-bond donors (Lipinski definition) is 0. The van der Waals surface area contributed by atoms with Gasteiger partial charge in [0.25, 0.3) is 0 Å². The van der Waals surface area contributed by atoms with E-state index in [1.807, 2.05) is 0 Å². The average molecular weight is 1090 g/mol. The Labute approximate surface area is 491 Å². The fourth-order valence-corrected chi connectivity index (χ4v) is 11.0. The van der Waals surface area contributed by atoms with Crippen molar-refractivity contribution in [2.45, 2.75) is 199 Å². The fraction of sp³-hybridized carbons (Fsp3) is 0.486. The first-order valence-corrected chi connectivity index (χ1v) is 31.7. The molecule has 0 unspecified atom stereocenters. The molecule has 7 heteroatoms. The van der Waals surface area contributed by atoms with Crippen LogP contribution in [0.3, 0.4) is 0 Å². The van der Waals surface area contributed by atoms with Crippen LogP contribution < -0.4 is 14.7 Å². The maximum Gasteiger partial charge on any atom is 0.143 e. The van der Waals surface area contributed by atoms with Gasteiger partial charge in [0.1, 0.15) is 29.1 Å². The van der Waals surface area contributed by atoms with Gasteiger partial charge < -0.3 is 0 Å². The van der Waals surface area contributed by atoms with Crippen LogP contribution in [0.4, 0.5) is 51.8 Å². The number of pyridine rings is 4. The van der Waals surface area contributed by atoms with Crippen molar-refractivity contribution < 1.29 is 0 Å². The second-order valence-electron chi connectivity index (χ2n) is 25.7. The maximum atomic E-state index is 5.94. The van der Waals surface area contributed by atoms with Crippen molar-refractivity contribution in [1.82, 2.24) is 19.9 Å². The Bertz CT molecular complexity index is 2470. The molecule has 4 aromatic heterocycles. The van der Waals surface area contributed by atoms with Crippen molar-refractivity contribution in [3.8, 4) is 0 Å². The minimum atomic E-state index is 0.631. The number of benzene rings is 3. The first-order chi connectivity index (χ1) is 39.1. The molecular formula is C74H101N7. The molecule has 0 aliphatic rings. The van der Waals surface area contributed by atoms with Gasteiger partial charge in [-0.05, 0) is 202 Å². The minimum absolute atomic E-state index is 0.631. The van der Waals surface area contributed by atoms with Gasteiger partial charge in [-0.3, -0.25) is 14.7 Å². The zero-order chi connectivity index (χ0) is 57.7. The Morgan fingerprint density at radius 1 is 0.259 bits per heavy atom. The third-order valence-electron chi connectivity index (χ3n) is 15.5. The van der Waals surface area contributed by atoms with Crippen LogP contribution in [-0.2, 0) is 38.5 Å². The molecule has 4 heterocycles. The van der Waals surface area contributed by atoms with Crippen molar-refractivity contribution in [2.24, 2.45) is 35.5 Å². The Kier molecular flexibility index (Phi) is 24.4. The molecule has 0 aliphatic heterocycles. The van der Waals surface area contributed by atoms with E-state index in [0.29, 0.717) is 35.5 Å². The smallest absolute Gasteiger partial charge is 0.143 e. The van der Waals surface area contributed by atoms with Crippen molar-refractivity contribution in [3.63, 3.8) is 0 Å². The normalized spacial score (nSPS) is 11.8. The molecule has 3 aromatic carbocycles. The fourth-order valence-electron chi connectivity index (χ4n) is 11.0. The van der Waals surface area contributed by atoms with Crippen LogP contribution in [0.2, 0.25) is 0 Å². The molecule has 7 rings (SSSR count). The molecule has 0 aliphatic carbocycles. The van der Waals surface area contributed by atoms with Crippen molar-refractivity contribution in [2.75, 3.05) is 14.7 Å². The molecule has 0 fully saturated rings. The highest BCUT2D eigenvalue weighted by Gasteiger charge is 2.26. The number of aryl methyl sites for hydroxylation is 6. The van der Waals surface area contributed by atoms with E-state index in [2.05, 4.69) is 237 Å². The number of aromatic nitrogens is 4. The van der Waals surface area contributed by atoms with Gasteiger partial charge in [-0.1, -0.05) is 176 Å². The van der Waals surface area contributed by atoms with Crippen LogP contribution in [0.1, 0.15) is 194 Å². The van der Waals surface area contributed by atoms with Crippen LogP contribution in [0.5, 0.6) is 0 Å². The van der Waals surface area contributed by atoms with Gasteiger partial charge in [0.05, 0.1) is 5.69 Å². The number of nitrogens with zero attached hydrogens (tertiary/aromatic N) is 7. The molecule has 7 nitrogen and oxygen atoms in total. The summed E-state index contributed by atoms with van der Waals surface area (Å²) < 4.78 is 0. The molecular weight excluding hydrogens is 987 g/mol. The minimum Gasteiger partial charge on any atom is -0.295 e. The first-order valence-electron chi connectivity index (χ1n) is 31.7. The molecule has 0 saturated carbocycles. The molecule has 0 N–H and O–H groups in total.